The number of carbonyl (C=O) groups excluding carboxylic acids is 3. The Balaban J connectivity index is 1.34. The van der Waals surface area contributed by atoms with Gasteiger partial charge in [-0.1, -0.05) is 0 Å². The van der Waals surface area contributed by atoms with E-state index >= 15 is 0 Å². The molecule has 154 valence electrons. The van der Waals surface area contributed by atoms with Crippen molar-refractivity contribution in [1.29, 1.82) is 0 Å². The minimum Gasteiger partial charge on any atom is -0.467 e. The third-order valence-electron chi connectivity index (χ3n) is 4.64. The Labute approximate surface area is 169 Å². The summed E-state index contributed by atoms with van der Waals surface area (Å²) in [6, 6.07) is 7.04. The predicted octanol–water partition coefficient (Wildman–Crippen LogP) is 1.12. The van der Waals surface area contributed by atoms with Crippen LogP contribution in [0, 0.1) is 0 Å². The highest BCUT2D eigenvalue weighted by Gasteiger charge is 2.18. The summed E-state index contributed by atoms with van der Waals surface area (Å²) in [6.07, 6.45) is 3.03. The van der Waals surface area contributed by atoms with Crippen molar-refractivity contribution in [3.63, 3.8) is 0 Å². The van der Waals surface area contributed by atoms with Gasteiger partial charge >= 0.3 is 12.0 Å². The molecule has 10 heteroatoms. The van der Waals surface area contributed by atoms with Crippen molar-refractivity contribution in [3.05, 3.63) is 64.1 Å². The summed E-state index contributed by atoms with van der Waals surface area (Å²) in [4.78, 5) is 52.6. The number of benzene rings is 1. The highest BCUT2D eigenvalue weighted by molar-refractivity contribution is 5.98. The lowest BCUT2D eigenvalue weighted by Gasteiger charge is -2.08. The zero-order valence-corrected chi connectivity index (χ0v) is 15.8. The molecule has 2 N–H and O–H groups in total. The van der Waals surface area contributed by atoms with Crippen LogP contribution in [0.1, 0.15) is 28.4 Å². The Kier molecular flexibility index (Phi) is 5.29. The average Bonchev–Trinajstić information content (AvgIpc) is 3.42. The van der Waals surface area contributed by atoms with Crippen LogP contribution >= 0.6 is 0 Å². The minimum atomic E-state index is -0.782. The second-order valence-corrected chi connectivity index (χ2v) is 6.71. The second-order valence-electron chi connectivity index (χ2n) is 6.71. The highest BCUT2D eigenvalue weighted by atomic mass is 16.5. The van der Waals surface area contributed by atoms with Crippen LogP contribution in [0.15, 0.2) is 45.8 Å². The Morgan fingerprint density at radius 1 is 1.23 bits per heavy atom. The lowest BCUT2D eigenvalue weighted by atomic mass is 10.1. The van der Waals surface area contributed by atoms with Gasteiger partial charge in [0.15, 0.2) is 6.61 Å². The number of furan rings is 1. The minimum absolute atomic E-state index is 0.111. The Hall–Kier alpha value is -3.95. The fourth-order valence-electron chi connectivity index (χ4n) is 3.21. The summed E-state index contributed by atoms with van der Waals surface area (Å²) in [5, 5.41) is 4.91. The van der Waals surface area contributed by atoms with Crippen molar-refractivity contribution in [2.45, 2.75) is 25.9 Å². The second kappa shape index (κ2) is 8.19. The summed E-state index contributed by atoms with van der Waals surface area (Å²) < 4.78 is 11.6. The highest BCUT2D eigenvalue weighted by Crippen LogP contribution is 2.16. The van der Waals surface area contributed by atoms with E-state index in [4.69, 9.17) is 9.15 Å². The van der Waals surface area contributed by atoms with Crippen LogP contribution in [0.4, 0.5) is 4.79 Å². The molecule has 2 aromatic heterocycles. The number of amides is 3. The SMILES string of the molecule is O=C(COC(=O)c1ccc2c(=O)n3c(nc2c1)CCC3)NC(=O)NCc1ccco1. The van der Waals surface area contributed by atoms with Gasteiger partial charge in [0.05, 0.1) is 29.3 Å². The summed E-state index contributed by atoms with van der Waals surface area (Å²) in [5.74, 6) is -0.321. The van der Waals surface area contributed by atoms with Gasteiger partial charge in [0.1, 0.15) is 11.6 Å². The first-order valence-corrected chi connectivity index (χ1v) is 9.32. The lowest BCUT2D eigenvalue weighted by molar-refractivity contribution is -0.123. The van der Waals surface area contributed by atoms with Gasteiger partial charge in [0, 0.05) is 13.0 Å². The number of carbonyl (C=O) groups is 3. The van der Waals surface area contributed by atoms with Crippen LogP contribution in [0.2, 0.25) is 0 Å². The number of hydrogen-bond acceptors (Lipinski definition) is 7. The first-order chi connectivity index (χ1) is 14.5. The smallest absolute Gasteiger partial charge is 0.338 e. The number of aromatic nitrogens is 2. The van der Waals surface area contributed by atoms with E-state index in [0.717, 1.165) is 6.42 Å². The molecule has 0 spiro atoms. The van der Waals surface area contributed by atoms with Crippen molar-refractivity contribution in [2.24, 2.45) is 0 Å². The number of nitrogens with zero attached hydrogens (tertiary/aromatic N) is 2. The Morgan fingerprint density at radius 2 is 2.10 bits per heavy atom. The van der Waals surface area contributed by atoms with Crippen LogP contribution in [-0.2, 0) is 29.0 Å². The molecular formula is C20H18N4O6. The molecule has 1 aromatic carbocycles. The number of nitrogens with one attached hydrogen (secondary N) is 2. The molecule has 0 unspecified atom stereocenters. The number of aryl methyl sites for hydroxylation is 1. The van der Waals surface area contributed by atoms with Crippen LogP contribution in [-0.4, -0.2) is 34.1 Å². The zero-order chi connectivity index (χ0) is 21.1. The molecule has 0 fully saturated rings. The van der Waals surface area contributed by atoms with Crippen LogP contribution in [0.5, 0.6) is 0 Å². The molecule has 1 aliphatic heterocycles. The molecule has 1 aliphatic rings. The maximum atomic E-state index is 12.5. The first-order valence-electron chi connectivity index (χ1n) is 9.32. The van der Waals surface area contributed by atoms with E-state index in [1.54, 1.807) is 16.7 Å². The van der Waals surface area contributed by atoms with Crippen LogP contribution < -0.4 is 16.2 Å². The topological polar surface area (TPSA) is 133 Å². The molecule has 0 saturated carbocycles. The fourth-order valence-corrected chi connectivity index (χ4v) is 3.21. The zero-order valence-electron chi connectivity index (χ0n) is 15.8. The number of rotatable bonds is 5. The van der Waals surface area contributed by atoms with Gasteiger partial charge in [0.2, 0.25) is 0 Å². The van der Waals surface area contributed by atoms with Crippen LogP contribution in [0.3, 0.4) is 0 Å². The molecule has 10 nitrogen and oxygen atoms in total. The monoisotopic (exact) mass is 410 g/mol. The van der Waals surface area contributed by atoms with Crippen molar-refractivity contribution in [2.75, 3.05) is 6.61 Å². The number of imide groups is 1. The quantitative estimate of drug-likeness (QED) is 0.602. The van der Waals surface area contributed by atoms with Gasteiger partial charge in [-0.15, -0.1) is 0 Å². The first kappa shape index (κ1) is 19.4. The lowest BCUT2D eigenvalue weighted by Crippen LogP contribution is -2.41. The summed E-state index contributed by atoms with van der Waals surface area (Å²) in [7, 11) is 0. The van der Waals surface area contributed by atoms with Gasteiger partial charge in [-0.3, -0.25) is 19.5 Å². The van der Waals surface area contributed by atoms with E-state index in [0.29, 0.717) is 35.5 Å². The maximum Gasteiger partial charge on any atom is 0.338 e. The molecule has 0 radical (unpaired) electrons. The molecule has 3 amide bonds. The van der Waals surface area contributed by atoms with E-state index < -0.39 is 24.5 Å². The molecule has 0 bridgehead atoms. The number of urea groups is 1. The van der Waals surface area contributed by atoms with E-state index in [-0.39, 0.29) is 17.7 Å². The fraction of sp³-hybridized carbons (Fsp3) is 0.250. The maximum absolute atomic E-state index is 12.5. The molecule has 3 aromatic rings. The molecule has 4 rings (SSSR count). The van der Waals surface area contributed by atoms with Crippen molar-refractivity contribution >= 4 is 28.8 Å². The third-order valence-corrected chi connectivity index (χ3v) is 4.64. The molecule has 3 heterocycles. The van der Waals surface area contributed by atoms with Crippen molar-refractivity contribution in [1.82, 2.24) is 20.2 Å². The van der Waals surface area contributed by atoms with Gasteiger partial charge in [-0.05, 0) is 36.8 Å². The van der Waals surface area contributed by atoms with Gasteiger partial charge in [0.25, 0.3) is 11.5 Å². The van der Waals surface area contributed by atoms with Gasteiger partial charge in [-0.2, -0.15) is 0 Å². The Bertz CT molecular complexity index is 1180. The number of ether oxygens (including phenoxy) is 1. The summed E-state index contributed by atoms with van der Waals surface area (Å²) in [6.45, 7) is 0.121. The molecule has 0 atom stereocenters. The predicted molar refractivity (Wildman–Crippen MR) is 104 cm³/mol. The largest absolute Gasteiger partial charge is 0.467 e. The van der Waals surface area contributed by atoms with E-state index in [1.165, 1.54) is 24.5 Å². The number of esters is 1. The van der Waals surface area contributed by atoms with Crippen LogP contribution in [0.25, 0.3) is 10.9 Å². The normalized spacial score (nSPS) is 12.4. The van der Waals surface area contributed by atoms with E-state index in [2.05, 4.69) is 15.6 Å². The average molecular weight is 410 g/mol. The number of hydrogen-bond donors (Lipinski definition) is 2. The number of fused-ring (bicyclic) bond motifs is 2. The molecular weight excluding hydrogens is 392 g/mol. The summed E-state index contributed by atoms with van der Waals surface area (Å²) >= 11 is 0. The van der Waals surface area contributed by atoms with Gasteiger partial charge in [-0.25, -0.2) is 14.6 Å². The van der Waals surface area contributed by atoms with Gasteiger partial charge < -0.3 is 14.5 Å². The standard InChI is InChI=1S/C20H18N4O6/c25-17(23-20(28)21-10-13-3-2-8-29-13)11-30-19(27)12-5-6-14-15(9-12)22-16-4-1-7-24(16)18(14)26/h2-3,5-6,8-9H,1,4,7,10-11H2,(H2,21,23,25,28). The van der Waals surface area contributed by atoms with E-state index in [9.17, 15) is 19.2 Å². The molecule has 0 aliphatic carbocycles. The molecule has 30 heavy (non-hydrogen) atoms. The van der Waals surface area contributed by atoms with E-state index in [1.807, 2.05) is 0 Å². The molecule has 0 saturated heterocycles. The third kappa shape index (κ3) is 4.07. The van der Waals surface area contributed by atoms with Crippen molar-refractivity contribution < 1.29 is 23.5 Å². The summed E-state index contributed by atoms with van der Waals surface area (Å²) in [5.41, 5.74) is 0.434. The Morgan fingerprint density at radius 3 is 2.90 bits per heavy atom. The van der Waals surface area contributed by atoms with Crippen molar-refractivity contribution in [3.8, 4) is 0 Å².